The minimum atomic E-state index is -1.86. The Labute approximate surface area is 320 Å². The average molecular weight is 733 g/mol. The molecule has 1 heterocycles. The summed E-state index contributed by atoms with van der Waals surface area (Å²) in [5.74, 6) is -0.960. The fourth-order valence-corrected chi connectivity index (χ4v) is 6.09. The molecule has 1 rings (SSSR count). The van der Waals surface area contributed by atoms with Crippen LogP contribution in [0.5, 0.6) is 0 Å². The van der Waals surface area contributed by atoms with Gasteiger partial charge in [-0.25, -0.2) is 0 Å². The zero-order valence-electron chi connectivity index (χ0n) is 30.6. The fraction of sp³-hybridized carbons (Fsp3) is 0.943. The summed E-state index contributed by atoms with van der Waals surface area (Å²) in [7, 11) is 0. The van der Waals surface area contributed by atoms with Gasteiger partial charge in [-0.15, -0.1) is 0 Å². The van der Waals surface area contributed by atoms with Crippen molar-refractivity contribution >= 4 is 41.4 Å². The maximum absolute atomic E-state index is 13.3. The van der Waals surface area contributed by atoms with E-state index in [1.165, 1.54) is 37.0 Å². The van der Waals surface area contributed by atoms with E-state index in [1.807, 2.05) is 0 Å². The Balaban J connectivity index is 0.0000240. The van der Waals surface area contributed by atoms with Crippen molar-refractivity contribution in [2.75, 3.05) is 26.3 Å². The number of rotatable bonds is 30. The molecule has 0 aromatic rings. The summed E-state index contributed by atoms with van der Waals surface area (Å²) in [4.78, 5) is 25.5. The van der Waals surface area contributed by atoms with Crippen LogP contribution in [0.1, 0.15) is 129 Å². The number of ether oxygens (including phenoxy) is 2. The number of unbranched alkanes of at least 4 members (excludes halogenated alkanes) is 15. The molecule has 1 saturated heterocycles. The zero-order chi connectivity index (χ0) is 36.6. The topological polar surface area (TPSA) is 238 Å². The molecule has 1 radical (unpaired) electrons. The van der Waals surface area contributed by atoms with Crippen LogP contribution in [0.15, 0.2) is 0 Å². The van der Waals surface area contributed by atoms with Gasteiger partial charge in [0, 0.05) is 55.5 Å². The van der Waals surface area contributed by atoms with Crippen molar-refractivity contribution in [3.8, 4) is 0 Å². The molecule has 1 aliphatic rings. The molecule has 1 aliphatic heterocycles. The van der Waals surface area contributed by atoms with Crippen LogP contribution >= 0.6 is 0 Å². The van der Waals surface area contributed by atoms with Crippen LogP contribution in [-0.2, 0) is 19.1 Å². The summed E-state index contributed by atoms with van der Waals surface area (Å²) in [5.41, 5.74) is 0. The Morgan fingerprint density at radius 1 is 0.700 bits per heavy atom. The Kier molecular flexibility index (Phi) is 29.7. The van der Waals surface area contributed by atoms with Crippen LogP contribution < -0.4 is 0 Å². The Morgan fingerprint density at radius 3 is 1.70 bits per heavy atom. The molecule has 15 heteroatoms. The second-order valence-electron chi connectivity index (χ2n) is 13.5. The average Bonchev–Trinajstić information content (AvgIpc) is 3.08. The molecule has 9 atom stereocenters. The predicted molar refractivity (Wildman–Crippen MR) is 187 cm³/mol. The SMILES string of the molecule is CCCCCCCCCCCC(=O)N(CCCCCCCCCCC(=O)O)CC(O)C(O)C(OC1OC(CO)C(O)C(O)C1O)C(O)CO.[Na]. The molecule has 0 bridgehead atoms. The van der Waals surface area contributed by atoms with Gasteiger partial charge in [-0.05, 0) is 19.3 Å². The van der Waals surface area contributed by atoms with Crippen LogP contribution in [0.2, 0.25) is 0 Å². The molecule has 0 saturated carbocycles. The van der Waals surface area contributed by atoms with E-state index in [-0.39, 0.29) is 54.9 Å². The number of hydrogen-bond donors (Lipinski definition) is 9. The van der Waals surface area contributed by atoms with Crippen molar-refractivity contribution in [3.63, 3.8) is 0 Å². The van der Waals surface area contributed by atoms with Gasteiger partial charge in [0.1, 0.15) is 48.8 Å². The normalized spacial score (nSPS) is 23.1. The van der Waals surface area contributed by atoms with Gasteiger partial charge >= 0.3 is 5.97 Å². The number of hydrogen-bond acceptors (Lipinski definition) is 12. The third-order valence-corrected chi connectivity index (χ3v) is 9.26. The van der Waals surface area contributed by atoms with E-state index in [2.05, 4.69) is 6.92 Å². The standard InChI is InChI=1S/C35H67NO13.Na/c1-2-3-4-5-6-7-10-13-16-19-28(41)36(21-18-15-12-9-8-11-14-17-20-29(42)43)22-25(39)30(44)34(26(40)23-37)49-35-33(47)32(46)31(45)27(24-38)48-35;/h25-27,30-35,37-40,44-47H,2-24H2,1H3,(H,42,43);. The van der Waals surface area contributed by atoms with Gasteiger partial charge < -0.3 is 60.3 Å². The molecule has 14 nitrogen and oxygen atoms in total. The first-order valence-electron chi connectivity index (χ1n) is 18.6. The van der Waals surface area contributed by atoms with E-state index in [0.717, 1.165) is 57.8 Å². The van der Waals surface area contributed by atoms with Crippen LogP contribution in [0.4, 0.5) is 0 Å². The number of carboxylic acids is 1. The van der Waals surface area contributed by atoms with E-state index in [0.29, 0.717) is 25.8 Å². The number of aliphatic hydroxyl groups excluding tert-OH is 8. The summed E-state index contributed by atoms with van der Waals surface area (Å²) < 4.78 is 10.8. The van der Waals surface area contributed by atoms with E-state index < -0.39 is 74.3 Å². The zero-order valence-corrected chi connectivity index (χ0v) is 32.6. The fourth-order valence-electron chi connectivity index (χ4n) is 6.09. The van der Waals surface area contributed by atoms with Gasteiger partial charge in [-0.3, -0.25) is 9.59 Å². The maximum Gasteiger partial charge on any atom is 0.303 e. The van der Waals surface area contributed by atoms with Crippen LogP contribution in [0.25, 0.3) is 0 Å². The van der Waals surface area contributed by atoms with Crippen molar-refractivity contribution in [3.05, 3.63) is 0 Å². The number of aliphatic carboxylic acids is 1. The number of aliphatic hydroxyl groups is 8. The van der Waals surface area contributed by atoms with E-state index in [9.17, 15) is 50.4 Å². The summed E-state index contributed by atoms with van der Waals surface area (Å²) in [6, 6.07) is 0. The van der Waals surface area contributed by atoms with Gasteiger partial charge in [0.25, 0.3) is 0 Å². The third kappa shape index (κ3) is 20.1. The minimum Gasteiger partial charge on any atom is -0.481 e. The smallest absolute Gasteiger partial charge is 0.303 e. The molecule has 291 valence electrons. The van der Waals surface area contributed by atoms with Crippen molar-refractivity contribution in [1.82, 2.24) is 4.90 Å². The first-order valence-corrected chi connectivity index (χ1v) is 18.6. The minimum absolute atomic E-state index is 0. The number of carbonyl (C=O) groups is 2. The Hall–Kier alpha value is -0.460. The summed E-state index contributed by atoms with van der Waals surface area (Å²) in [5, 5.41) is 91.0. The molecule has 0 aromatic carbocycles. The molecule has 0 spiro atoms. The quantitative estimate of drug-likeness (QED) is 0.0374. The van der Waals surface area contributed by atoms with Gasteiger partial charge in [0.05, 0.1) is 13.2 Å². The molecular formula is C35H67NNaO13. The molecule has 9 unspecified atom stereocenters. The summed E-state index contributed by atoms with van der Waals surface area (Å²) in [6.45, 7) is 0.608. The molecule has 50 heavy (non-hydrogen) atoms. The van der Waals surface area contributed by atoms with Gasteiger partial charge in [-0.1, -0.05) is 96.8 Å². The molecular weight excluding hydrogens is 665 g/mol. The van der Waals surface area contributed by atoms with Gasteiger partial charge in [-0.2, -0.15) is 0 Å². The molecule has 9 N–H and O–H groups in total. The van der Waals surface area contributed by atoms with Crippen molar-refractivity contribution in [1.29, 1.82) is 0 Å². The predicted octanol–water partition coefficient (Wildman–Crippen LogP) is 1.21. The van der Waals surface area contributed by atoms with Crippen molar-refractivity contribution in [2.24, 2.45) is 0 Å². The Bertz CT molecular complexity index is 857. The number of amides is 1. The monoisotopic (exact) mass is 732 g/mol. The summed E-state index contributed by atoms with van der Waals surface area (Å²) >= 11 is 0. The van der Waals surface area contributed by atoms with Crippen LogP contribution in [-0.4, -0.2) is 174 Å². The molecule has 1 amide bonds. The van der Waals surface area contributed by atoms with Gasteiger partial charge in [0.2, 0.25) is 5.91 Å². The summed E-state index contributed by atoms with van der Waals surface area (Å²) in [6.07, 6.45) is 1.92. The maximum atomic E-state index is 13.3. The van der Waals surface area contributed by atoms with Crippen molar-refractivity contribution < 1.29 is 65.0 Å². The van der Waals surface area contributed by atoms with Crippen LogP contribution in [0.3, 0.4) is 0 Å². The first-order chi connectivity index (χ1) is 23.5. The second-order valence-corrected chi connectivity index (χ2v) is 13.5. The molecule has 0 aliphatic carbocycles. The number of carboxylic acid groups (broad SMARTS) is 1. The second kappa shape index (κ2) is 29.9. The largest absolute Gasteiger partial charge is 0.481 e. The Morgan fingerprint density at radius 2 is 1.20 bits per heavy atom. The molecule has 1 fully saturated rings. The third-order valence-electron chi connectivity index (χ3n) is 9.26. The van der Waals surface area contributed by atoms with E-state index in [4.69, 9.17) is 14.6 Å². The van der Waals surface area contributed by atoms with Crippen molar-refractivity contribution in [2.45, 2.75) is 184 Å². The number of nitrogens with zero attached hydrogens (tertiary/aromatic N) is 1. The van der Waals surface area contributed by atoms with Gasteiger partial charge in [0.15, 0.2) is 6.29 Å². The van der Waals surface area contributed by atoms with Crippen LogP contribution in [0, 0.1) is 0 Å². The molecule has 0 aromatic heterocycles. The number of carbonyl (C=O) groups excluding carboxylic acids is 1. The first kappa shape index (κ1) is 49.5. The van der Waals surface area contributed by atoms with E-state index in [1.54, 1.807) is 0 Å². The van der Waals surface area contributed by atoms with E-state index >= 15 is 0 Å².